The molecule has 0 bridgehead atoms. The van der Waals surface area contributed by atoms with E-state index >= 15 is 0 Å². The van der Waals surface area contributed by atoms with Crippen LogP contribution >= 0.6 is 11.6 Å². The number of hydrogen-bond acceptors (Lipinski definition) is 5. The van der Waals surface area contributed by atoms with Crippen LogP contribution in [0.25, 0.3) is 0 Å². The lowest BCUT2D eigenvalue weighted by Crippen LogP contribution is -2.48. The molecule has 3 N–H and O–H groups in total. The molecule has 0 radical (unpaired) electrons. The lowest BCUT2D eigenvalue weighted by atomic mass is 9.81. The molecule has 1 aromatic heterocycles. The van der Waals surface area contributed by atoms with Gasteiger partial charge >= 0.3 is 0 Å². The fourth-order valence-electron chi connectivity index (χ4n) is 2.55. The summed E-state index contributed by atoms with van der Waals surface area (Å²) >= 11 is 5.65. The molecule has 21 heavy (non-hydrogen) atoms. The summed E-state index contributed by atoms with van der Waals surface area (Å²) in [6.45, 7) is 1.59. The van der Waals surface area contributed by atoms with E-state index < -0.39 is 11.4 Å². The molecule has 6 nitrogen and oxygen atoms in total. The predicted octanol–water partition coefficient (Wildman–Crippen LogP) is 1.49. The first-order valence-corrected chi connectivity index (χ1v) is 7.17. The molecule has 1 saturated carbocycles. The first kappa shape index (κ1) is 15.9. The number of carbonyl (C=O) groups is 1. The van der Waals surface area contributed by atoms with Crippen LogP contribution in [0.2, 0.25) is 5.28 Å². The Morgan fingerprint density at radius 3 is 3.14 bits per heavy atom. The Morgan fingerprint density at radius 2 is 2.43 bits per heavy atom. The van der Waals surface area contributed by atoms with Gasteiger partial charge in [-0.15, -0.1) is 0 Å². The van der Waals surface area contributed by atoms with Gasteiger partial charge in [0.25, 0.3) is 0 Å². The van der Waals surface area contributed by atoms with Crippen LogP contribution in [0.3, 0.4) is 0 Å². The minimum absolute atomic E-state index is 0.0313. The van der Waals surface area contributed by atoms with Crippen LogP contribution in [0.1, 0.15) is 32.6 Å². The van der Waals surface area contributed by atoms with Crippen molar-refractivity contribution in [3.05, 3.63) is 17.3 Å². The zero-order chi connectivity index (χ0) is 15.5. The monoisotopic (exact) mass is 316 g/mol. The number of nitrogens with one attached hydrogen (secondary N) is 2. The summed E-state index contributed by atoms with van der Waals surface area (Å²) in [6.07, 6.45) is 3.55. The molecule has 2 rings (SSSR count). The SMILES string of the molecule is CC(=O)NC[C@@]1(O)CCC[C@H](Nc2nc(Cl)ncc2F)C1. The molecule has 0 aliphatic heterocycles. The standard InChI is InChI=1S/C13H18ClFN4O2/c1-8(20)17-7-13(21)4-2-3-9(5-13)18-11-10(15)6-16-12(14)19-11/h6,9,21H,2-5,7H2,1H3,(H,17,20)(H,16,18,19)/t9-,13+/m0/s1. The van der Waals surface area contributed by atoms with Crippen LogP contribution in [0, 0.1) is 5.82 Å². The highest BCUT2D eigenvalue weighted by atomic mass is 35.5. The summed E-state index contributed by atoms with van der Waals surface area (Å²) in [4.78, 5) is 18.3. The second-order valence-corrected chi connectivity index (χ2v) is 5.75. The van der Waals surface area contributed by atoms with Crippen LogP contribution < -0.4 is 10.6 Å². The van der Waals surface area contributed by atoms with Gasteiger partial charge in [-0.3, -0.25) is 4.79 Å². The predicted molar refractivity (Wildman–Crippen MR) is 76.5 cm³/mol. The molecule has 1 fully saturated rings. The van der Waals surface area contributed by atoms with E-state index in [9.17, 15) is 14.3 Å². The largest absolute Gasteiger partial charge is 0.388 e. The normalized spacial score (nSPS) is 25.4. The lowest BCUT2D eigenvalue weighted by Gasteiger charge is -2.37. The van der Waals surface area contributed by atoms with Gasteiger partial charge < -0.3 is 15.7 Å². The fourth-order valence-corrected chi connectivity index (χ4v) is 2.69. The van der Waals surface area contributed by atoms with E-state index in [2.05, 4.69) is 20.6 Å². The van der Waals surface area contributed by atoms with E-state index in [-0.39, 0.29) is 29.6 Å². The highest BCUT2D eigenvalue weighted by Gasteiger charge is 2.34. The van der Waals surface area contributed by atoms with Gasteiger partial charge in [-0.05, 0) is 37.3 Å². The maximum absolute atomic E-state index is 13.6. The number of carbonyl (C=O) groups excluding carboxylic acids is 1. The smallest absolute Gasteiger partial charge is 0.224 e. The third-order valence-electron chi connectivity index (χ3n) is 3.54. The molecule has 1 aromatic rings. The summed E-state index contributed by atoms with van der Waals surface area (Å²) in [5.74, 6) is -0.744. The van der Waals surface area contributed by atoms with E-state index in [0.29, 0.717) is 12.8 Å². The van der Waals surface area contributed by atoms with E-state index in [1.807, 2.05) is 0 Å². The molecule has 1 heterocycles. The van der Waals surface area contributed by atoms with E-state index in [1.165, 1.54) is 6.92 Å². The Labute approximate surface area is 127 Å². The Bertz CT molecular complexity index is 531. The van der Waals surface area contributed by atoms with Gasteiger partial charge in [0, 0.05) is 19.5 Å². The quantitative estimate of drug-likeness (QED) is 0.733. The molecule has 8 heteroatoms. The molecule has 0 spiro atoms. The summed E-state index contributed by atoms with van der Waals surface area (Å²) in [5.41, 5.74) is -0.991. The number of hydrogen-bond donors (Lipinski definition) is 3. The maximum Gasteiger partial charge on any atom is 0.224 e. The fraction of sp³-hybridized carbons (Fsp3) is 0.615. The van der Waals surface area contributed by atoms with Crippen molar-refractivity contribution >= 4 is 23.3 Å². The Morgan fingerprint density at radius 1 is 1.67 bits per heavy atom. The van der Waals surface area contributed by atoms with E-state index in [4.69, 9.17) is 11.6 Å². The van der Waals surface area contributed by atoms with Crippen molar-refractivity contribution in [2.75, 3.05) is 11.9 Å². The summed E-state index contributed by atoms with van der Waals surface area (Å²) in [7, 11) is 0. The minimum Gasteiger partial charge on any atom is -0.388 e. The van der Waals surface area contributed by atoms with Gasteiger partial charge in [0.1, 0.15) is 0 Å². The first-order valence-electron chi connectivity index (χ1n) is 6.79. The summed E-state index contributed by atoms with van der Waals surface area (Å²) < 4.78 is 13.6. The second kappa shape index (κ2) is 6.53. The Kier molecular flexibility index (Phi) is 4.95. The molecule has 1 aliphatic carbocycles. The van der Waals surface area contributed by atoms with Crippen LogP contribution in [-0.4, -0.2) is 39.2 Å². The molecule has 2 atom stereocenters. The molecule has 1 aliphatic rings. The molecule has 116 valence electrons. The first-order chi connectivity index (χ1) is 9.88. The molecule has 0 unspecified atom stereocenters. The van der Waals surface area contributed by atoms with Gasteiger partial charge in [-0.25, -0.2) is 9.37 Å². The molecule has 1 amide bonds. The van der Waals surface area contributed by atoms with Gasteiger partial charge in [-0.2, -0.15) is 4.98 Å². The van der Waals surface area contributed by atoms with Crippen molar-refractivity contribution in [3.8, 4) is 0 Å². The van der Waals surface area contributed by atoms with Gasteiger partial charge in [0.15, 0.2) is 11.6 Å². The van der Waals surface area contributed by atoms with Crippen molar-refractivity contribution in [2.24, 2.45) is 0 Å². The number of nitrogens with zero attached hydrogens (tertiary/aromatic N) is 2. The van der Waals surface area contributed by atoms with Gasteiger partial charge in [-0.1, -0.05) is 0 Å². The number of aliphatic hydroxyl groups is 1. The van der Waals surface area contributed by atoms with E-state index in [0.717, 1.165) is 19.0 Å². The number of anilines is 1. The molecular formula is C13H18ClFN4O2. The maximum atomic E-state index is 13.6. The van der Waals surface area contributed by atoms with Crippen molar-refractivity contribution in [1.82, 2.24) is 15.3 Å². The molecule has 0 saturated heterocycles. The van der Waals surface area contributed by atoms with Crippen molar-refractivity contribution in [3.63, 3.8) is 0 Å². The highest BCUT2D eigenvalue weighted by Crippen LogP contribution is 2.30. The lowest BCUT2D eigenvalue weighted by molar-refractivity contribution is -0.120. The van der Waals surface area contributed by atoms with Crippen LogP contribution in [-0.2, 0) is 4.79 Å². The van der Waals surface area contributed by atoms with Crippen LogP contribution in [0.4, 0.5) is 10.2 Å². The third kappa shape index (κ3) is 4.50. The topological polar surface area (TPSA) is 87.1 Å². The summed E-state index contributed by atoms with van der Waals surface area (Å²) in [5, 5.41) is 16.0. The van der Waals surface area contributed by atoms with Gasteiger partial charge in [0.05, 0.1) is 11.8 Å². The summed E-state index contributed by atoms with van der Waals surface area (Å²) in [6, 6.07) is -0.141. The zero-order valence-corrected chi connectivity index (χ0v) is 12.5. The van der Waals surface area contributed by atoms with Crippen LogP contribution in [0.15, 0.2) is 6.20 Å². The third-order valence-corrected chi connectivity index (χ3v) is 3.73. The van der Waals surface area contributed by atoms with Crippen LogP contribution in [0.5, 0.6) is 0 Å². The Hall–Kier alpha value is -1.47. The number of amides is 1. The van der Waals surface area contributed by atoms with E-state index in [1.54, 1.807) is 0 Å². The average molecular weight is 317 g/mol. The highest BCUT2D eigenvalue weighted by molar-refractivity contribution is 6.28. The number of halogens is 2. The Balaban J connectivity index is 2.00. The average Bonchev–Trinajstić information content (AvgIpc) is 2.41. The minimum atomic E-state index is -0.991. The molecule has 0 aromatic carbocycles. The number of aromatic nitrogens is 2. The van der Waals surface area contributed by atoms with Gasteiger partial charge in [0.2, 0.25) is 11.2 Å². The van der Waals surface area contributed by atoms with Crippen molar-refractivity contribution in [2.45, 2.75) is 44.2 Å². The zero-order valence-electron chi connectivity index (χ0n) is 11.7. The molecular weight excluding hydrogens is 299 g/mol. The van der Waals surface area contributed by atoms with Crippen molar-refractivity contribution < 1.29 is 14.3 Å². The van der Waals surface area contributed by atoms with Crippen molar-refractivity contribution in [1.29, 1.82) is 0 Å². The second-order valence-electron chi connectivity index (χ2n) is 5.41. The number of rotatable bonds is 4.